The van der Waals surface area contributed by atoms with E-state index in [-0.39, 0.29) is 18.6 Å². The summed E-state index contributed by atoms with van der Waals surface area (Å²) >= 11 is 5.86. The van der Waals surface area contributed by atoms with Crippen molar-refractivity contribution < 1.29 is 9.53 Å². The van der Waals surface area contributed by atoms with Crippen LogP contribution in [0.2, 0.25) is 5.02 Å². The first-order valence-electron chi connectivity index (χ1n) is 6.90. The quantitative estimate of drug-likeness (QED) is 0.851. The molecule has 1 aromatic rings. The zero-order chi connectivity index (χ0) is 15.2. The second-order valence-corrected chi connectivity index (χ2v) is 5.40. The maximum atomic E-state index is 12.1. The smallest absolute Gasteiger partial charge is 0.260 e. The van der Waals surface area contributed by atoms with Crippen molar-refractivity contribution in [1.82, 2.24) is 9.80 Å². The Bertz CT molecular complexity index is 536. The van der Waals surface area contributed by atoms with E-state index in [0.29, 0.717) is 23.9 Å². The molecule has 0 aromatic heterocycles. The van der Waals surface area contributed by atoms with E-state index in [4.69, 9.17) is 21.6 Å². The largest absolute Gasteiger partial charge is 0.484 e. The molecule has 1 aromatic carbocycles. The van der Waals surface area contributed by atoms with Crippen LogP contribution in [-0.4, -0.2) is 54.5 Å². The molecule has 0 saturated carbocycles. The van der Waals surface area contributed by atoms with Crippen LogP contribution in [0.25, 0.3) is 0 Å². The first-order chi connectivity index (χ1) is 10.1. The summed E-state index contributed by atoms with van der Waals surface area (Å²) in [5.74, 6) is 0.548. The summed E-state index contributed by atoms with van der Waals surface area (Å²) in [7, 11) is 0. The van der Waals surface area contributed by atoms with Crippen LogP contribution in [0.4, 0.5) is 0 Å². The van der Waals surface area contributed by atoms with Crippen molar-refractivity contribution >= 4 is 17.5 Å². The summed E-state index contributed by atoms with van der Waals surface area (Å²) in [6.07, 6.45) is 0. The van der Waals surface area contributed by atoms with Crippen molar-refractivity contribution in [1.29, 1.82) is 5.26 Å². The average Bonchev–Trinajstić information content (AvgIpc) is 2.52. The Morgan fingerprint density at radius 3 is 2.76 bits per heavy atom. The van der Waals surface area contributed by atoms with E-state index in [2.05, 4.69) is 11.0 Å². The number of nitriles is 1. The highest BCUT2D eigenvalue weighted by molar-refractivity contribution is 6.30. The van der Waals surface area contributed by atoms with E-state index in [9.17, 15) is 4.79 Å². The van der Waals surface area contributed by atoms with Crippen molar-refractivity contribution in [2.45, 2.75) is 13.0 Å². The fraction of sp³-hybridized carbons (Fsp3) is 0.467. The number of rotatable bonds is 4. The molecular weight excluding hydrogens is 290 g/mol. The number of hydrogen-bond donors (Lipinski definition) is 0. The Labute approximate surface area is 129 Å². The SMILES string of the molecule is CC(C#N)N1CCN(C(=O)COc2cccc(Cl)c2)CC1. The predicted octanol–water partition coefficient (Wildman–Crippen LogP) is 1.78. The maximum absolute atomic E-state index is 12.1. The van der Waals surface area contributed by atoms with Crippen molar-refractivity contribution in [2.75, 3.05) is 32.8 Å². The highest BCUT2D eigenvalue weighted by Crippen LogP contribution is 2.17. The second-order valence-electron chi connectivity index (χ2n) is 4.97. The van der Waals surface area contributed by atoms with Crippen LogP contribution in [0.3, 0.4) is 0 Å². The molecule has 1 fully saturated rings. The molecule has 1 saturated heterocycles. The van der Waals surface area contributed by atoms with Gasteiger partial charge in [0.2, 0.25) is 0 Å². The van der Waals surface area contributed by atoms with E-state index in [1.165, 1.54) is 0 Å². The number of halogens is 1. The van der Waals surface area contributed by atoms with Crippen LogP contribution in [0, 0.1) is 11.3 Å². The molecule has 1 aliphatic heterocycles. The first-order valence-corrected chi connectivity index (χ1v) is 7.28. The van der Waals surface area contributed by atoms with Crippen molar-refractivity contribution in [3.8, 4) is 11.8 Å². The maximum Gasteiger partial charge on any atom is 0.260 e. The number of nitrogens with zero attached hydrogens (tertiary/aromatic N) is 3. The average molecular weight is 308 g/mol. The Hall–Kier alpha value is -1.77. The number of ether oxygens (including phenoxy) is 1. The highest BCUT2D eigenvalue weighted by atomic mass is 35.5. The number of carbonyl (C=O) groups excluding carboxylic acids is 1. The van der Waals surface area contributed by atoms with E-state index in [0.717, 1.165) is 13.1 Å². The summed E-state index contributed by atoms with van der Waals surface area (Å²) in [5, 5.41) is 9.47. The minimum atomic E-state index is -0.107. The van der Waals surface area contributed by atoms with Gasteiger partial charge in [0.1, 0.15) is 5.75 Å². The van der Waals surface area contributed by atoms with Gasteiger partial charge in [0.25, 0.3) is 5.91 Å². The molecular formula is C15H18ClN3O2. The van der Waals surface area contributed by atoms with Crippen LogP contribution in [-0.2, 0) is 4.79 Å². The fourth-order valence-corrected chi connectivity index (χ4v) is 2.41. The van der Waals surface area contributed by atoms with Gasteiger partial charge in [-0.1, -0.05) is 17.7 Å². The molecule has 112 valence electrons. The summed E-state index contributed by atoms with van der Waals surface area (Å²) < 4.78 is 5.46. The van der Waals surface area contributed by atoms with Crippen LogP contribution in [0.15, 0.2) is 24.3 Å². The first kappa shape index (κ1) is 15.6. The molecule has 0 N–H and O–H groups in total. The van der Waals surface area contributed by atoms with Gasteiger partial charge < -0.3 is 9.64 Å². The topological polar surface area (TPSA) is 56.6 Å². The predicted molar refractivity (Wildman–Crippen MR) is 80.2 cm³/mol. The molecule has 2 rings (SSSR count). The van der Waals surface area contributed by atoms with Gasteiger partial charge in [-0.2, -0.15) is 5.26 Å². The number of hydrogen-bond acceptors (Lipinski definition) is 4. The lowest BCUT2D eigenvalue weighted by Gasteiger charge is -2.35. The van der Waals surface area contributed by atoms with Gasteiger partial charge in [-0.25, -0.2) is 0 Å². The van der Waals surface area contributed by atoms with Gasteiger partial charge >= 0.3 is 0 Å². The van der Waals surface area contributed by atoms with Crippen molar-refractivity contribution in [3.63, 3.8) is 0 Å². The van der Waals surface area contributed by atoms with Crippen LogP contribution in [0.1, 0.15) is 6.92 Å². The summed E-state index contributed by atoms with van der Waals surface area (Å²) in [6.45, 7) is 4.58. The molecule has 1 amide bonds. The highest BCUT2D eigenvalue weighted by Gasteiger charge is 2.23. The summed E-state index contributed by atoms with van der Waals surface area (Å²) in [5.41, 5.74) is 0. The van der Waals surface area contributed by atoms with Crippen LogP contribution >= 0.6 is 11.6 Å². The molecule has 1 aliphatic rings. The summed E-state index contributed by atoms with van der Waals surface area (Å²) in [6, 6.07) is 9.10. The fourth-order valence-electron chi connectivity index (χ4n) is 2.23. The lowest BCUT2D eigenvalue weighted by atomic mass is 10.2. The Kier molecular flexibility index (Phi) is 5.43. The minimum Gasteiger partial charge on any atom is -0.484 e. The molecule has 21 heavy (non-hydrogen) atoms. The molecule has 1 heterocycles. The van der Waals surface area contributed by atoms with Gasteiger partial charge in [-0.3, -0.25) is 9.69 Å². The lowest BCUT2D eigenvalue weighted by Crippen LogP contribution is -2.52. The molecule has 0 radical (unpaired) electrons. The number of benzene rings is 1. The van der Waals surface area contributed by atoms with Crippen LogP contribution < -0.4 is 4.74 Å². The second kappa shape index (κ2) is 7.30. The summed E-state index contributed by atoms with van der Waals surface area (Å²) in [4.78, 5) is 15.9. The Morgan fingerprint density at radius 1 is 1.43 bits per heavy atom. The molecule has 0 aliphatic carbocycles. The van der Waals surface area contributed by atoms with Gasteiger partial charge in [0, 0.05) is 31.2 Å². The molecule has 6 heteroatoms. The van der Waals surface area contributed by atoms with E-state index < -0.39 is 0 Å². The molecule has 0 bridgehead atoms. The number of carbonyl (C=O) groups is 1. The molecule has 1 atom stereocenters. The third-order valence-electron chi connectivity index (χ3n) is 3.56. The van der Waals surface area contributed by atoms with Crippen molar-refractivity contribution in [2.24, 2.45) is 0 Å². The van der Waals surface area contributed by atoms with Gasteiger partial charge in [-0.15, -0.1) is 0 Å². The minimum absolute atomic E-state index is 0.00808. The van der Waals surface area contributed by atoms with Gasteiger partial charge in [-0.05, 0) is 25.1 Å². The lowest BCUT2D eigenvalue weighted by molar-refractivity contribution is -0.135. The third-order valence-corrected chi connectivity index (χ3v) is 3.80. The zero-order valence-corrected chi connectivity index (χ0v) is 12.7. The molecule has 0 spiro atoms. The Morgan fingerprint density at radius 2 is 2.14 bits per heavy atom. The number of piperazine rings is 1. The van der Waals surface area contributed by atoms with E-state index in [1.54, 1.807) is 29.2 Å². The van der Waals surface area contributed by atoms with Gasteiger partial charge in [0.15, 0.2) is 6.61 Å². The van der Waals surface area contributed by atoms with E-state index >= 15 is 0 Å². The molecule has 5 nitrogen and oxygen atoms in total. The van der Waals surface area contributed by atoms with E-state index in [1.807, 2.05) is 6.92 Å². The normalized spacial score (nSPS) is 17.1. The molecule has 1 unspecified atom stereocenters. The van der Waals surface area contributed by atoms with Crippen LogP contribution in [0.5, 0.6) is 5.75 Å². The zero-order valence-electron chi connectivity index (χ0n) is 12.0. The third kappa shape index (κ3) is 4.35. The van der Waals surface area contributed by atoms with Crippen molar-refractivity contribution in [3.05, 3.63) is 29.3 Å². The monoisotopic (exact) mass is 307 g/mol. The standard InChI is InChI=1S/C15H18ClN3O2/c1-12(10-17)18-5-7-19(8-6-18)15(20)11-21-14-4-2-3-13(16)9-14/h2-4,9,12H,5-8,11H2,1H3. The number of amides is 1. The Balaban J connectivity index is 1.79. The van der Waals surface area contributed by atoms with Gasteiger partial charge in [0.05, 0.1) is 12.1 Å².